The van der Waals surface area contributed by atoms with Crippen molar-refractivity contribution >= 4 is 23.6 Å². The van der Waals surface area contributed by atoms with E-state index in [0.717, 1.165) is 0 Å². The van der Waals surface area contributed by atoms with Crippen molar-refractivity contribution in [3.8, 4) is 0 Å². The molecule has 0 bridgehead atoms. The minimum absolute atomic E-state index is 0.0704. The Balaban J connectivity index is 2.11. The zero-order valence-corrected chi connectivity index (χ0v) is 12.2. The lowest BCUT2D eigenvalue weighted by molar-refractivity contribution is -0.136. The first-order chi connectivity index (χ1) is 9.52. The molecule has 5 nitrogen and oxygen atoms in total. The van der Waals surface area contributed by atoms with Crippen LogP contribution >= 0.6 is 11.8 Å². The van der Waals surface area contributed by atoms with E-state index >= 15 is 0 Å². The molecule has 0 aliphatic carbocycles. The van der Waals surface area contributed by atoms with Crippen LogP contribution in [0.25, 0.3) is 0 Å². The van der Waals surface area contributed by atoms with E-state index in [0.29, 0.717) is 23.5 Å². The third-order valence-corrected chi connectivity index (χ3v) is 4.40. The van der Waals surface area contributed by atoms with Gasteiger partial charge in [0.25, 0.3) is 5.91 Å². The Morgan fingerprint density at radius 3 is 2.65 bits per heavy atom. The van der Waals surface area contributed by atoms with E-state index in [1.54, 1.807) is 37.1 Å². The lowest BCUT2D eigenvalue weighted by Gasteiger charge is -2.38. The van der Waals surface area contributed by atoms with Crippen molar-refractivity contribution in [2.45, 2.75) is 23.2 Å². The van der Waals surface area contributed by atoms with Crippen molar-refractivity contribution < 1.29 is 19.4 Å². The predicted octanol–water partition coefficient (Wildman–Crippen LogP) is 1.72. The highest BCUT2D eigenvalue weighted by atomic mass is 32.2. The number of benzene rings is 1. The summed E-state index contributed by atoms with van der Waals surface area (Å²) >= 11 is 1.19. The summed E-state index contributed by atoms with van der Waals surface area (Å²) in [6.07, 6.45) is 0.108. The lowest BCUT2D eigenvalue weighted by Crippen LogP contribution is -2.54. The molecule has 1 aromatic carbocycles. The van der Waals surface area contributed by atoms with Crippen molar-refractivity contribution in [1.29, 1.82) is 0 Å². The van der Waals surface area contributed by atoms with Crippen molar-refractivity contribution in [3.05, 3.63) is 29.8 Å². The third-order valence-electron chi connectivity index (χ3n) is 3.24. The summed E-state index contributed by atoms with van der Waals surface area (Å²) in [6.45, 7) is 2.78. The van der Waals surface area contributed by atoms with Gasteiger partial charge in [-0.3, -0.25) is 9.59 Å². The Morgan fingerprint density at radius 1 is 1.40 bits per heavy atom. The molecule has 1 heterocycles. The molecule has 1 N–H and O–H groups in total. The molecule has 1 aliphatic heterocycles. The van der Waals surface area contributed by atoms with Crippen molar-refractivity contribution in [2.24, 2.45) is 0 Å². The number of carboxylic acids is 1. The Labute approximate surface area is 121 Å². The molecule has 108 valence electrons. The second kappa shape index (κ2) is 6.28. The molecule has 0 aromatic heterocycles. The van der Waals surface area contributed by atoms with Gasteiger partial charge in [0.2, 0.25) is 0 Å². The molecule has 2 rings (SSSR count). The summed E-state index contributed by atoms with van der Waals surface area (Å²) in [5.74, 6) is -0.959. The summed E-state index contributed by atoms with van der Waals surface area (Å²) in [5, 5.41) is 8.38. The Hall–Kier alpha value is -1.53. The minimum Gasteiger partial charge on any atom is -0.480 e. The fourth-order valence-corrected chi connectivity index (χ4v) is 2.83. The first-order valence-electron chi connectivity index (χ1n) is 6.33. The van der Waals surface area contributed by atoms with E-state index in [2.05, 4.69) is 0 Å². The molecule has 1 unspecified atom stereocenters. The molecule has 1 amide bonds. The predicted molar refractivity (Wildman–Crippen MR) is 76.1 cm³/mol. The number of hydrogen-bond donors (Lipinski definition) is 1. The van der Waals surface area contributed by atoms with E-state index < -0.39 is 11.2 Å². The van der Waals surface area contributed by atoms with Gasteiger partial charge in [0.05, 0.1) is 11.7 Å². The van der Waals surface area contributed by atoms with Gasteiger partial charge in [-0.25, -0.2) is 0 Å². The zero-order chi connectivity index (χ0) is 14.7. The van der Waals surface area contributed by atoms with Gasteiger partial charge >= 0.3 is 5.97 Å². The van der Waals surface area contributed by atoms with Crippen LogP contribution in [0.1, 0.15) is 17.3 Å². The van der Waals surface area contributed by atoms with Crippen molar-refractivity contribution in [1.82, 2.24) is 4.90 Å². The average Bonchev–Trinajstić information content (AvgIpc) is 2.37. The third kappa shape index (κ3) is 3.13. The smallest absolute Gasteiger partial charge is 0.316 e. The molecule has 1 atom stereocenters. The minimum atomic E-state index is -0.888. The van der Waals surface area contributed by atoms with Crippen LogP contribution < -0.4 is 0 Å². The first kappa shape index (κ1) is 14.9. The number of methoxy groups -OCH3 is 1. The number of ether oxygens (including phenoxy) is 1. The maximum atomic E-state index is 12.4. The Bertz CT molecular complexity index is 514. The number of hydrogen-bond acceptors (Lipinski definition) is 4. The Morgan fingerprint density at radius 2 is 2.05 bits per heavy atom. The van der Waals surface area contributed by atoms with Gasteiger partial charge in [0.1, 0.15) is 5.25 Å². The molecular weight excluding hydrogens is 278 g/mol. The molecule has 0 radical (unpaired) electrons. The molecular formula is C14H17NO4S. The second-order valence-corrected chi connectivity index (χ2v) is 6.04. The molecule has 20 heavy (non-hydrogen) atoms. The van der Waals surface area contributed by atoms with Crippen LogP contribution in [-0.2, 0) is 9.53 Å². The number of amides is 1. The number of nitrogens with zero attached hydrogens (tertiary/aromatic N) is 1. The van der Waals surface area contributed by atoms with Gasteiger partial charge in [-0.05, 0) is 19.1 Å². The highest BCUT2D eigenvalue weighted by molar-refractivity contribution is 8.00. The van der Waals surface area contributed by atoms with E-state index in [9.17, 15) is 9.59 Å². The van der Waals surface area contributed by atoms with Gasteiger partial charge in [-0.1, -0.05) is 12.1 Å². The van der Waals surface area contributed by atoms with Crippen LogP contribution in [0.4, 0.5) is 0 Å². The van der Waals surface area contributed by atoms with E-state index in [-0.39, 0.29) is 12.0 Å². The fourth-order valence-electron chi connectivity index (χ4n) is 1.91. The molecule has 0 saturated carbocycles. The van der Waals surface area contributed by atoms with Crippen LogP contribution in [-0.4, -0.2) is 53.4 Å². The number of carbonyl (C=O) groups is 2. The number of aliphatic carboxylic acids is 1. The van der Waals surface area contributed by atoms with E-state index in [4.69, 9.17) is 9.84 Å². The molecule has 1 aromatic rings. The monoisotopic (exact) mass is 295 g/mol. The maximum Gasteiger partial charge on any atom is 0.316 e. The van der Waals surface area contributed by atoms with Crippen LogP contribution in [0.2, 0.25) is 0 Å². The molecule has 1 aliphatic rings. The first-order valence-corrected chi connectivity index (χ1v) is 7.21. The normalized spacial score (nSPS) is 16.6. The lowest BCUT2D eigenvalue weighted by atomic mass is 10.1. The zero-order valence-electron chi connectivity index (χ0n) is 11.4. The summed E-state index contributed by atoms with van der Waals surface area (Å²) in [6, 6.07) is 7.11. The number of carboxylic acid groups (broad SMARTS) is 1. The van der Waals surface area contributed by atoms with E-state index in [1.165, 1.54) is 11.8 Å². The van der Waals surface area contributed by atoms with E-state index in [1.807, 2.05) is 6.07 Å². The van der Waals surface area contributed by atoms with Crippen LogP contribution in [0.5, 0.6) is 0 Å². The highest BCUT2D eigenvalue weighted by Crippen LogP contribution is 2.29. The largest absolute Gasteiger partial charge is 0.480 e. The quantitative estimate of drug-likeness (QED) is 0.838. The molecule has 1 fully saturated rings. The molecule has 1 saturated heterocycles. The van der Waals surface area contributed by atoms with Crippen molar-refractivity contribution in [2.75, 3.05) is 20.2 Å². The van der Waals surface area contributed by atoms with Crippen LogP contribution in [0, 0.1) is 0 Å². The van der Waals surface area contributed by atoms with Gasteiger partial charge in [0.15, 0.2) is 0 Å². The van der Waals surface area contributed by atoms with Crippen LogP contribution in [0.3, 0.4) is 0 Å². The fraction of sp³-hybridized carbons (Fsp3) is 0.429. The van der Waals surface area contributed by atoms with Gasteiger partial charge < -0.3 is 14.7 Å². The van der Waals surface area contributed by atoms with Gasteiger partial charge in [-0.15, -0.1) is 11.8 Å². The summed E-state index contributed by atoms with van der Waals surface area (Å²) in [4.78, 5) is 25.7. The standard InChI is InChI=1S/C14H17NO4S/c1-9(14(17)18)20-12-6-4-3-5-11(12)13(16)15-7-10(8-15)19-2/h3-6,9-10H,7-8H2,1-2H3,(H,17,18). The number of likely N-dealkylation sites (tertiary alicyclic amines) is 1. The maximum absolute atomic E-state index is 12.4. The Kier molecular flexibility index (Phi) is 4.67. The average molecular weight is 295 g/mol. The summed E-state index contributed by atoms with van der Waals surface area (Å²) in [7, 11) is 1.63. The second-order valence-electron chi connectivity index (χ2n) is 4.66. The SMILES string of the molecule is COC1CN(C(=O)c2ccccc2SC(C)C(=O)O)C1. The van der Waals surface area contributed by atoms with Crippen LogP contribution in [0.15, 0.2) is 29.2 Å². The summed E-state index contributed by atoms with van der Waals surface area (Å²) in [5.41, 5.74) is 0.556. The molecule has 0 spiro atoms. The number of thioether (sulfide) groups is 1. The van der Waals surface area contributed by atoms with Gasteiger partial charge in [-0.2, -0.15) is 0 Å². The number of rotatable bonds is 5. The number of carbonyl (C=O) groups excluding carboxylic acids is 1. The van der Waals surface area contributed by atoms with Gasteiger partial charge in [0, 0.05) is 25.1 Å². The summed E-state index contributed by atoms with van der Waals surface area (Å²) < 4.78 is 5.15. The molecule has 6 heteroatoms. The topological polar surface area (TPSA) is 66.8 Å². The highest BCUT2D eigenvalue weighted by Gasteiger charge is 2.32. The van der Waals surface area contributed by atoms with Crippen molar-refractivity contribution in [3.63, 3.8) is 0 Å².